The van der Waals surface area contributed by atoms with Crippen LogP contribution >= 0.6 is 15.9 Å². The fraction of sp³-hybridized carbons (Fsp3) is 0.364. The summed E-state index contributed by atoms with van der Waals surface area (Å²) in [5.41, 5.74) is -1.48. The van der Waals surface area contributed by atoms with E-state index in [0.717, 1.165) is 11.6 Å². The molecule has 5 heteroatoms. The first-order valence-corrected chi connectivity index (χ1v) is 5.45. The fourth-order valence-electron chi connectivity index (χ4n) is 1.85. The van der Waals surface area contributed by atoms with Crippen molar-refractivity contribution in [2.75, 3.05) is 7.11 Å². The Bertz CT molecular complexity index is 430. The van der Waals surface area contributed by atoms with Crippen molar-refractivity contribution in [1.29, 1.82) is 0 Å². The normalized spacial score (nSPS) is 26.2. The minimum Gasteiger partial charge on any atom is -0.468 e. The lowest BCUT2D eigenvalue weighted by Crippen LogP contribution is -2.28. The molecule has 16 heavy (non-hydrogen) atoms. The summed E-state index contributed by atoms with van der Waals surface area (Å²) in [7, 11) is 1.12. The van der Waals surface area contributed by atoms with Gasteiger partial charge in [0.15, 0.2) is 5.41 Å². The van der Waals surface area contributed by atoms with E-state index in [1.165, 1.54) is 12.1 Å². The van der Waals surface area contributed by atoms with Crippen LogP contribution in [-0.2, 0) is 14.9 Å². The second kappa shape index (κ2) is 3.52. The first-order chi connectivity index (χ1) is 7.44. The van der Waals surface area contributed by atoms with Crippen molar-refractivity contribution >= 4 is 21.9 Å². The molecule has 0 aromatic heterocycles. The van der Waals surface area contributed by atoms with Crippen LogP contribution in [-0.4, -0.2) is 19.0 Å². The quantitative estimate of drug-likeness (QED) is 0.783. The molecule has 0 bridgehead atoms. The number of methoxy groups -OCH3 is 1. The van der Waals surface area contributed by atoms with Gasteiger partial charge in [0.2, 0.25) is 0 Å². The van der Waals surface area contributed by atoms with E-state index in [1.807, 2.05) is 0 Å². The van der Waals surface area contributed by atoms with Gasteiger partial charge in [-0.25, -0.2) is 8.78 Å². The van der Waals surface area contributed by atoms with Gasteiger partial charge >= 0.3 is 5.97 Å². The molecule has 0 spiro atoms. The van der Waals surface area contributed by atoms with Crippen LogP contribution in [0.1, 0.15) is 12.0 Å². The van der Waals surface area contributed by atoms with Gasteiger partial charge < -0.3 is 4.74 Å². The number of carbonyl (C=O) groups is 1. The summed E-state index contributed by atoms with van der Waals surface area (Å²) in [4.78, 5) is 11.5. The summed E-state index contributed by atoms with van der Waals surface area (Å²) < 4.78 is 32.0. The molecule has 1 aliphatic carbocycles. The summed E-state index contributed by atoms with van der Waals surface area (Å²) in [6.45, 7) is 0. The van der Waals surface area contributed by atoms with Gasteiger partial charge in [0.25, 0.3) is 5.92 Å². The Morgan fingerprint density at radius 2 is 1.88 bits per heavy atom. The summed E-state index contributed by atoms with van der Waals surface area (Å²) in [5.74, 6) is -3.88. The predicted octanol–water partition coefficient (Wildman–Crippen LogP) is 2.90. The zero-order valence-corrected chi connectivity index (χ0v) is 10.1. The topological polar surface area (TPSA) is 26.3 Å². The molecule has 2 nitrogen and oxygen atoms in total. The van der Waals surface area contributed by atoms with Gasteiger partial charge in [0.05, 0.1) is 7.11 Å². The van der Waals surface area contributed by atoms with Crippen molar-refractivity contribution in [3.05, 3.63) is 34.3 Å². The average Bonchev–Trinajstić information content (AvgIpc) is 2.83. The molecule has 1 aromatic rings. The minimum atomic E-state index is -3.01. The molecule has 1 aliphatic rings. The monoisotopic (exact) mass is 290 g/mol. The van der Waals surface area contributed by atoms with Crippen molar-refractivity contribution in [1.82, 2.24) is 0 Å². The maximum atomic E-state index is 13.4. The highest BCUT2D eigenvalue weighted by Gasteiger charge is 2.77. The molecule has 1 unspecified atom stereocenters. The van der Waals surface area contributed by atoms with Crippen LogP contribution in [0.4, 0.5) is 8.78 Å². The second-order valence-corrected chi connectivity index (χ2v) is 4.70. The van der Waals surface area contributed by atoms with Crippen molar-refractivity contribution in [2.24, 2.45) is 0 Å². The van der Waals surface area contributed by atoms with E-state index < -0.39 is 23.7 Å². The number of ether oxygens (including phenoxy) is 1. The van der Waals surface area contributed by atoms with E-state index in [-0.39, 0.29) is 0 Å². The molecule has 1 fully saturated rings. The molecule has 0 heterocycles. The van der Waals surface area contributed by atoms with E-state index in [1.54, 1.807) is 12.1 Å². The first kappa shape index (κ1) is 11.5. The molecular weight excluding hydrogens is 282 g/mol. The summed E-state index contributed by atoms with van der Waals surface area (Å²) >= 11 is 3.21. The molecule has 86 valence electrons. The zero-order chi connectivity index (χ0) is 12.0. The molecule has 1 atom stereocenters. The Morgan fingerprint density at radius 1 is 1.38 bits per heavy atom. The van der Waals surface area contributed by atoms with E-state index in [4.69, 9.17) is 0 Å². The zero-order valence-electron chi connectivity index (χ0n) is 8.47. The van der Waals surface area contributed by atoms with Gasteiger partial charge in [-0.3, -0.25) is 4.79 Å². The van der Waals surface area contributed by atoms with Gasteiger partial charge in [-0.2, -0.15) is 0 Å². The van der Waals surface area contributed by atoms with E-state index in [2.05, 4.69) is 20.7 Å². The van der Waals surface area contributed by atoms with Crippen LogP contribution in [0.25, 0.3) is 0 Å². The van der Waals surface area contributed by atoms with E-state index in [9.17, 15) is 13.6 Å². The highest BCUT2D eigenvalue weighted by molar-refractivity contribution is 9.10. The van der Waals surface area contributed by atoms with Crippen molar-refractivity contribution < 1.29 is 18.3 Å². The van der Waals surface area contributed by atoms with Crippen molar-refractivity contribution in [2.45, 2.75) is 17.8 Å². The summed E-state index contributed by atoms with van der Waals surface area (Å²) in [6.07, 6.45) is -0.478. The molecule has 0 radical (unpaired) electrons. The number of halogens is 3. The first-order valence-electron chi connectivity index (χ1n) is 4.66. The van der Waals surface area contributed by atoms with Crippen molar-refractivity contribution in [3.63, 3.8) is 0 Å². The SMILES string of the molecule is COC(=O)C1(c2ccc(Br)cc2)CC1(F)F. The van der Waals surface area contributed by atoms with Crippen LogP contribution in [0.15, 0.2) is 28.7 Å². The lowest BCUT2D eigenvalue weighted by Gasteiger charge is -2.14. The number of rotatable bonds is 2. The number of esters is 1. The Kier molecular flexibility index (Phi) is 2.53. The lowest BCUT2D eigenvalue weighted by atomic mass is 9.95. The highest BCUT2D eigenvalue weighted by Crippen LogP contribution is 2.62. The lowest BCUT2D eigenvalue weighted by molar-refractivity contribution is -0.146. The Hall–Kier alpha value is -0.970. The molecule has 0 aliphatic heterocycles. The van der Waals surface area contributed by atoms with Crippen LogP contribution in [0.2, 0.25) is 0 Å². The molecule has 0 saturated heterocycles. The smallest absolute Gasteiger partial charge is 0.322 e. The van der Waals surface area contributed by atoms with E-state index >= 15 is 0 Å². The van der Waals surface area contributed by atoms with Crippen LogP contribution in [0.5, 0.6) is 0 Å². The molecule has 0 amide bonds. The third-order valence-corrected chi connectivity index (χ3v) is 3.39. The maximum absolute atomic E-state index is 13.4. The third-order valence-electron chi connectivity index (χ3n) is 2.86. The summed E-state index contributed by atoms with van der Waals surface area (Å²) in [6, 6.07) is 6.30. The van der Waals surface area contributed by atoms with Gasteiger partial charge in [0, 0.05) is 10.9 Å². The minimum absolute atomic E-state index is 0.299. The summed E-state index contributed by atoms with van der Waals surface area (Å²) in [5, 5.41) is 0. The van der Waals surface area contributed by atoms with Crippen molar-refractivity contribution in [3.8, 4) is 0 Å². The number of hydrogen-bond donors (Lipinski definition) is 0. The fourth-order valence-corrected chi connectivity index (χ4v) is 2.11. The van der Waals surface area contributed by atoms with Crippen LogP contribution < -0.4 is 0 Å². The second-order valence-electron chi connectivity index (χ2n) is 3.79. The maximum Gasteiger partial charge on any atom is 0.322 e. The number of hydrogen-bond acceptors (Lipinski definition) is 2. The Labute approximate surface area is 99.7 Å². The number of alkyl halides is 2. The predicted molar refractivity (Wildman–Crippen MR) is 57.4 cm³/mol. The molecular formula is C11H9BrF2O2. The molecule has 0 N–H and O–H groups in total. The molecule has 1 aromatic carbocycles. The van der Waals surface area contributed by atoms with Gasteiger partial charge in [0.1, 0.15) is 0 Å². The number of carbonyl (C=O) groups excluding carboxylic acids is 1. The van der Waals surface area contributed by atoms with Crippen LogP contribution in [0.3, 0.4) is 0 Å². The largest absolute Gasteiger partial charge is 0.468 e. The Morgan fingerprint density at radius 3 is 2.25 bits per heavy atom. The van der Waals surface area contributed by atoms with Crippen LogP contribution in [0, 0.1) is 0 Å². The van der Waals surface area contributed by atoms with Gasteiger partial charge in [-0.05, 0) is 17.7 Å². The Balaban J connectivity index is 2.43. The molecule has 2 rings (SSSR count). The van der Waals surface area contributed by atoms with E-state index in [0.29, 0.717) is 5.56 Å². The van der Waals surface area contributed by atoms with Gasteiger partial charge in [-0.15, -0.1) is 0 Å². The highest BCUT2D eigenvalue weighted by atomic mass is 79.9. The number of benzene rings is 1. The molecule has 1 saturated carbocycles. The standard InChI is InChI=1S/C11H9BrF2O2/c1-16-9(15)10(6-11(10,13)14)7-2-4-8(12)5-3-7/h2-5H,6H2,1H3. The third kappa shape index (κ3) is 1.45. The average molecular weight is 291 g/mol. The van der Waals surface area contributed by atoms with Gasteiger partial charge in [-0.1, -0.05) is 28.1 Å².